The molecule has 6 rings (SSSR count). The van der Waals surface area contributed by atoms with Gasteiger partial charge in [-0.15, -0.1) is 0 Å². The summed E-state index contributed by atoms with van der Waals surface area (Å²) in [5, 5.41) is 4.74. The Hall–Kier alpha value is -3.46. The van der Waals surface area contributed by atoms with Gasteiger partial charge in [-0.05, 0) is 56.4 Å². The van der Waals surface area contributed by atoms with Crippen molar-refractivity contribution < 1.29 is 0 Å². The van der Waals surface area contributed by atoms with Crippen LogP contribution < -0.4 is 16.4 Å². The molecule has 1 saturated heterocycles. The van der Waals surface area contributed by atoms with Crippen LogP contribution in [-0.4, -0.2) is 42.4 Å². The van der Waals surface area contributed by atoms with Crippen LogP contribution in [0.2, 0.25) is 0 Å². The van der Waals surface area contributed by atoms with Gasteiger partial charge in [-0.2, -0.15) is 5.10 Å². The van der Waals surface area contributed by atoms with Gasteiger partial charge in [-0.25, -0.2) is 9.97 Å². The molecule has 1 aliphatic carbocycles. The summed E-state index contributed by atoms with van der Waals surface area (Å²) < 4.78 is 4.09. The molecule has 176 valence electrons. The number of aryl methyl sites for hydroxylation is 1. The van der Waals surface area contributed by atoms with Crippen LogP contribution in [0.1, 0.15) is 55.5 Å². The zero-order valence-corrected chi connectivity index (χ0v) is 19.6. The molecule has 1 saturated carbocycles. The van der Waals surface area contributed by atoms with Gasteiger partial charge in [0.25, 0.3) is 0 Å². The van der Waals surface area contributed by atoms with Crippen molar-refractivity contribution in [1.82, 2.24) is 29.3 Å². The van der Waals surface area contributed by atoms with Crippen molar-refractivity contribution in [3.8, 4) is 0 Å². The highest BCUT2D eigenvalue weighted by atomic mass is 15.3. The molecule has 0 amide bonds. The summed E-state index contributed by atoms with van der Waals surface area (Å²) in [5.74, 6) is 1.04. The molecule has 34 heavy (non-hydrogen) atoms. The van der Waals surface area contributed by atoms with Crippen molar-refractivity contribution in [3.63, 3.8) is 0 Å². The molecule has 0 aromatic carbocycles. The van der Waals surface area contributed by atoms with Crippen LogP contribution in [-0.2, 0) is 18.6 Å². The van der Waals surface area contributed by atoms with Crippen LogP contribution in [0, 0.1) is 0 Å². The standard InChI is InChI=1S/C25H31N9/c1-2-34-11-7-22(31-34)25(27)8-3-10-32(15-25)21-13-29-19(17-4-5-17)12-18(21)14-33-16-30-23-20(33)6-9-28-24(23)26/h6-7,9,11-13,16-17H,2-5,8,10,14-15,27H2,1H3,(H2,26,28)/t25-/m1/s1. The monoisotopic (exact) mass is 457 g/mol. The van der Waals surface area contributed by atoms with Crippen LogP contribution in [0.25, 0.3) is 11.0 Å². The minimum absolute atomic E-state index is 0.459. The number of anilines is 2. The number of nitrogens with zero attached hydrogens (tertiary/aromatic N) is 7. The van der Waals surface area contributed by atoms with E-state index in [1.165, 1.54) is 24.1 Å². The fourth-order valence-electron chi connectivity index (χ4n) is 5.15. The van der Waals surface area contributed by atoms with E-state index in [1.807, 2.05) is 23.3 Å². The van der Waals surface area contributed by atoms with Crippen molar-refractivity contribution in [2.45, 2.75) is 57.2 Å². The van der Waals surface area contributed by atoms with Crippen molar-refractivity contribution in [1.29, 1.82) is 0 Å². The number of hydrogen-bond donors (Lipinski definition) is 2. The molecule has 2 aliphatic rings. The highest BCUT2D eigenvalue weighted by Gasteiger charge is 2.36. The van der Waals surface area contributed by atoms with Gasteiger partial charge in [0, 0.05) is 43.6 Å². The Morgan fingerprint density at radius 1 is 1.18 bits per heavy atom. The minimum Gasteiger partial charge on any atom is -0.382 e. The molecule has 4 aromatic heterocycles. The van der Waals surface area contributed by atoms with Crippen LogP contribution in [0.5, 0.6) is 0 Å². The first-order valence-electron chi connectivity index (χ1n) is 12.2. The second-order valence-corrected chi connectivity index (χ2v) is 9.69. The Kier molecular flexibility index (Phi) is 5.02. The average molecular weight is 458 g/mol. The third-order valence-electron chi connectivity index (χ3n) is 7.23. The number of fused-ring (bicyclic) bond motifs is 1. The summed E-state index contributed by atoms with van der Waals surface area (Å²) in [5.41, 5.74) is 18.8. The first-order chi connectivity index (χ1) is 16.5. The average Bonchev–Trinajstić information content (AvgIpc) is 3.43. The van der Waals surface area contributed by atoms with Gasteiger partial charge in [0.05, 0.1) is 41.5 Å². The van der Waals surface area contributed by atoms with E-state index in [1.54, 1.807) is 6.20 Å². The van der Waals surface area contributed by atoms with E-state index in [4.69, 9.17) is 21.5 Å². The van der Waals surface area contributed by atoms with E-state index in [0.29, 0.717) is 24.8 Å². The Balaban J connectivity index is 1.36. The number of rotatable bonds is 6. The quantitative estimate of drug-likeness (QED) is 0.457. The predicted octanol–water partition coefficient (Wildman–Crippen LogP) is 3.01. The van der Waals surface area contributed by atoms with E-state index >= 15 is 0 Å². The van der Waals surface area contributed by atoms with Gasteiger partial charge in [0.2, 0.25) is 0 Å². The van der Waals surface area contributed by atoms with E-state index in [0.717, 1.165) is 48.3 Å². The number of aromatic nitrogens is 6. The number of nitrogens with two attached hydrogens (primary N) is 2. The third-order valence-corrected chi connectivity index (χ3v) is 7.23. The minimum atomic E-state index is -0.479. The fraction of sp³-hybridized carbons (Fsp3) is 0.440. The largest absolute Gasteiger partial charge is 0.382 e. The van der Waals surface area contributed by atoms with E-state index < -0.39 is 5.54 Å². The smallest absolute Gasteiger partial charge is 0.151 e. The van der Waals surface area contributed by atoms with Crippen LogP contribution in [0.4, 0.5) is 11.5 Å². The predicted molar refractivity (Wildman–Crippen MR) is 132 cm³/mol. The number of pyridine rings is 2. The molecule has 0 spiro atoms. The SMILES string of the molecule is CCn1ccc([C@@]2(N)CCCN(c3cnc(C4CC4)cc3Cn3cnc4c(N)nccc43)C2)n1. The number of piperidine rings is 1. The third kappa shape index (κ3) is 3.69. The van der Waals surface area contributed by atoms with Crippen LogP contribution in [0.3, 0.4) is 0 Å². The number of nitrogen functional groups attached to an aromatic ring is 1. The second-order valence-electron chi connectivity index (χ2n) is 9.69. The van der Waals surface area contributed by atoms with Crippen molar-refractivity contribution >= 4 is 22.5 Å². The van der Waals surface area contributed by atoms with E-state index in [-0.39, 0.29) is 0 Å². The second kappa shape index (κ2) is 8.09. The molecule has 9 heteroatoms. The molecular weight excluding hydrogens is 426 g/mol. The Morgan fingerprint density at radius 2 is 2.06 bits per heavy atom. The highest BCUT2D eigenvalue weighted by Crippen LogP contribution is 2.41. The Labute approximate surface area is 198 Å². The molecule has 1 aliphatic heterocycles. The van der Waals surface area contributed by atoms with Gasteiger partial charge in [-0.3, -0.25) is 9.67 Å². The number of hydrogen-bond acceptors (Lipinski definition) is 7. The fourth-order valence-corrected chi connectivity index (χ4v) is 5.15. The molecule has 0 unspecified atom stereocenters. The topological polar surface area (TPSA) is 117 Å². The summed E-state index contributed by atoms with van der Waals surface area (Å²) >= 11 is 0. The zero-order valence-electron chi connectivity index (χ0n) is 19.6. The Morgan fingerprint density at radius 3 is 2.85 bits per heavy atom. The normalized spacial score (nSPS) is 20.8. The maximum absolute atomic E-state index is 6.97. The molecular formula is C25H31N9. The molecule has 4 aromatic rings. The first kappa shape index (κ1) is 21.1. The summed E-state index contributed by atoms with van der Waals surface area (Å²) in [6, 6.07) is 6.32. The number of imidazole rings is 1. The van der Waals surface area contributed by atoms with Crippen LogP contribution in [0.15, 0.2) is 43.1 Å². The van der Waals surface area contributed by atoms with Crippen molar-refractivity contribution in [2.24, 2.45) is 5.73 Å². The molecule has 5 heterocycles. The maximum Gasteiger partial charge on any atom is 0.151 e. The van der Waals surface area contributed by atoms with Gasteiger partial charge < -0.3 is 20.9 Å². The lowest BCUT2D eigenvalue weighted by molar-refractivity contribution is 0.341. The molecule has 0 radical (unpaired) electrons. The Bertz CT molecular complexity index is 1340. The zero-order chi connectivity index (χ0) is 23.3. The highest BCUT2D eigenvalue weighted by molar-refractivity contribution is 5.84. The van der Waals surface area contributed by atoms with Gasteiger partial charge in [-0.1, -0.05) is 0 Å². The van der Waals surface area contributed by atoms with Gasteiger partial charge in [0.15, 0.2) is 5.82 Å². The summed E-state index contributed by atoms with van der Waals surface area (Å²) in [7, 11) is 0. The van der Waals surface area contributed by atoms with Crippen LogP contribution >= 0.6 is 0 Å². The van der Waals surface area contributed by atoms with Crippen molar-refractivity contribution in [3.05, 3.63) is 60.1 Å². The lowest BCUT2D eigenvalue weighted by Crippen LogP contribution is -2.52. The molecule has 9 nitrogen and oxygen atoms in total. The molecule has 4 N–H and O–H groups in total. The van der Waals surface area contributed by atoms with Crippen molar-refractivity contribution in [2.75, 3.05) is 23.7 Å². The summed E-state index contributed by atoms with van der Waals surface area (Å²) in [6.07, 6.45) is 12.0. The van der Waals surface area contributed by atoms with E-state index in [9.17, 15) is 0 Å². The molecule has 2 fully saturated rings. The molecule has 0 bridgehead atoms. The first-order valence-corrected chi connectivity index (χ1v) is 12.2. The lowest BCUT2D eigenvalue weighted by atomic mass is 9.86. The van der Waals surface area contributed by atoms with Gasteiger partial charge in [0.1, 0.15) is 5.52 Å². The maximum atomic E-state index is 6.97. The lowest BCUT2D eigenvalue weighted by Gasteiger charge is -2.41. The van der Waals surface area contributed by atoms with E-state index in [2.05, 4.69) is 44.7 Å². The summed E-state index contributed by atoms with van der Waals surface area (Å²) in [4.78, 5) is 15.9. The molecule has 1 atom stereocenters. The van der Waals surface area contributed by atoms with Gasteiger partial charge >= 0.3 is 0 Å². The summed E-state index contributed by atoms with van der Waals surface area (Å²) in [6.45, 7) is 5.29.